The fourth-order valence-electron chi connectivity index (χ4n) is 2.24. The third kappa shape index (κ3) is 1.46. The molecule has 2 rings (SSSR count). The Morgan fingerprint density at radius 2 is 2.17 bits per heavy atom. The minimum atomic E-state index is 0.228. The monoisotopic (exact) mass is 168 g/mol. The molecule has 1 amide bonds. The number of hydrogen-bond donors (Lipinski definition) is 2. The fraction of sp³-hybridized carbons (Fsp3) is 0.889. The van der Waals surface area contributed by atoms with Gasteiger partial charge in [0.25, 0.3) is 0 Å². The number of rotatable bonds is 0. The molecule has 0 aliphatic carbocycles. The van der Waals surface area contributed by atoms with Gasteiger partial charge in [0.2, 0.25) is 5.91 Å². The summed E-state index contributed by atoms with van der Waals surface area (Å²) in [6.45, 7) is 3.13. The average molecular weight is 168 g/mol. The van der Waals surface area contributed by atoms with E-state index in [4.69, 9.17) is 0 Å². The Bertz CT molecular complexity index is 173. The van der Waals surface area contributed by atoms with Crippen LogP contribution in [0, 0.1) is 5.41 Å². The fourth-order valence-corrected chi connectivity index (χ4v) is 2.24. The molecule has 3 nitrogen and oxygen atoms in total. The lowest BCUT2D eigenvalue weighted by molar-refractivity contribution is -0.124. The molecule has 0 bridgehead atoms. The number of carbonyl (C=O) groups is 1. The molecular formula is C9H16N2O. The van der Waals surface area contributed by atoms with Crippen LogP contribution < -0.4 is 10.6 Å². The van der Waals surface area contributed by atoms with Gasteiger partial charge in [-0.05, 0) is 25.8 Å². The molecule has 2 aliphatic rings. The summed E-state index contributed by atoms with van der Waals surface area (Å²) in [5.74, 6) is 0.228. The standard InChI is InChI=1S/C9H16N2O/c12-8-2-4-9(7-11-8)3-1-5-10-6-9/h10H,1-7H2,(H,11,12). The molecule has 3 heteroatoms. The van der Waals surface area contributed by atoms with Gasteiger partial charge in [0.15, 0.2) is 0 Å². The van der Waals surface area contributed by atoms with Crippen molar-refractivity contribution in [1.29, 1.82) is 0 Å². The van der Waals surface area contributed by atoms with Crippen molar-refractivity contribution in [2.24, 2.45) is 5.41 Å². The molecule has 1 atom stereocenters. The van der Waals surface area contributed by atoms with Gasteiger partial charge in [-0.25, -0.2) is 0 Å². The second kappa shape index (κ2) is 3.05. The number of carbonyl (C=O) groups excluding carboxylic acids is 1. The molecule has 0 aromatic rings. The first-order chi connectivity index (χ1) is 5.81. The van der Waals surface area contributed by atoms with E-state index in [-0.39, 0.29) is 5.91 Å². The van der Waals surface area contributed by atoms with E-state index < -0.39 is 0 Å². The van der Waals surface area contributed by atoms with Crippen LogP contribution in [0.3, 0.4) is 0 Å². The van der Waals surface area contributed by atoms with Gasteiger partial charge in [0.05, 0.1) is 0 Å². The van der Waals surface area contributed by atoms with E-state index in [0.717, 1.165) is 32.5 Å². The highest BCUT2D eigenvalue weighted by Gasteiger charge is 2.35. The van der Waals surface area contributed by atoms with Gasteiger partial charge >= 0.3 is 0 Å². The molecule has 2 heterocycles. The van der Waals surface area contributed by atoms with Gasteiger partial charge in [-0.15, -0.1) is 0 Å². The number of amides is 1. The molecule has 2 fully saturated rings. The van der Waals surface area contributed by atoms with Gasteiger partial charge in [-0.1, -0.05) is 0 Å². The summed E-state index contributed by atoms with van der Waals surface area (Å²) in [7, 11) is 0. The summed E-state index contributed by atoms with van der Waals surface area (Å²) >= 11 is 0. The van der Waals surface area contributed by atoms with E-state index in [2.05, 4.69) is 10.6 Å². The smallest absolute Gasteiger partial charge is 0.220 e. The second-order valence-electron chi connectivity index (χ2n) is 4.06. The maximum Gasteiger partial charge on any atom is 0.220 e. The van der Waals surface area contributed by atoms with Crippen LogP contribution in [0.2, 0.25) is 0 Å². The molecule has 0 radical (unpaired) electrons. The molecule has 0 aromatic heterocycles. The Kier molecular flexibility index (Phi) is 2.05. The van der Waals surface area contributed by atoms with Gasteiger partial charge in [0.1, 0.15) is 0 Å². The van der Waals surface area contributed by atoms with Crippen LogP contribution in [-0.2, 0) is 4.79 Å². The van der Waals surface area contributed by atoms with Gasteiger partial charge in [-0.2, -0.15) is 0 Å². The first kappa shape index (κ1) is 8.05. The summed E-state index contributed by atoms with van der Waals surface area (Å²) in [4.78, 5) is 11.0. The zero-order valence-corrected chi connectivity index (χ0v) is 7.36. The number of nitrogens with one attached hydrogen (secondary N) is 2. The summed E-state index contributed by atoms with van der Waals surface area (Å²) in [6.07, 6.45) is 4.34. The summed E-state index contributed by atoms with van der Waals surface area (Å²) in [5, 5.41) is 6.37. The van der Waals surface area contributed by atoms with Crippen molar-refractivity contribution >= 4 is 5.91 Å². The lowest BCUT2D eigenvalue weighted by atomic mass is 9.75. The quantitative estimate of drug-likeness (QED) is 0.545. The lowest BCUT2D eigenvalue weighted by Gasteiger charge is -2.40. The molecule has 68 valence electrons. The van der Waals surface area contributed by atoms with Crippen LogP contribution in [0.1, 0.15) is 25.7 Å². The van der Waals surface area contributed by atoms with Gasteiger partial charge in [-0.3, -0.25) is 4.79 Å². The summed E-state index contributed by atoms with van der Waals surface area (Å²) in [5.41, 5.74) is 0.395. The normalized spacial score (nSPS) is 36.5. The van der Waals surface area contributed by atoms with Gasteiger partial charge in [0, 0.05) is 24.9 Å². The van der Waals surface area contributed by atoms with Crippen LogP contribution in [0.5, 0.6) is 0 Å². The molecule has 2 N–H and O–H groups in total. The maximum atomic E-state index is 11.0. The minimum absolute atomic E-state index is 0.228. The highest BCUT2D eigenvalue weighted by Crippen LogP contribution is 2.32. The maximum absolute atomic E-state index is 11.0. The van der Waals surface area contributed by atoms with E-state index >= 15 is 0 Å². The number of piperidine rings is 2. The van der Waals surface area contributed by atoms with Gasteiger partial charge < -0.3 is 10.6 Å². The third-order valence-electron chi connectivity index (χ3n) is 3.10. The zero-order chi connectivity index (χ0) is 8.44. The topological polar surface area (TPSA) is 41.1 Å². The molecule has 0 saturated carbocycles. The molecular weight excluding hydrogens is 152 g/mol. The lowest BCUT2D eigenvalue weighted by Crippen LogP contribution is -2.51. The Morgan fingerprint density at radius 3 is 2.75 bits per heavy atom. The Morgan fingerprint density at radius 1 is 1.25 bits per heavy atom. The second-order valence-corrected chi connectivity index (χ2v) is 4.06. The van der Waals surface area contributed by atoms with E-state index in [1.165, 1.54) is 12.8 Å². The molecule has 12 heavy (non-hydrogen) atoms. The number of hydrogen-bond acceptors (Lipinski definition) is 2. The molecule has 1 unspecified atom stereocenters. The van der Waals surface area contributed by atoms with Crippen LogP contribution in [0.15, 0.2) is 0 Å². The van der Waals surface area contributed by atoms with Crippen molar-refractivity contribution in [3.05, 3.63) is 0 Å². The third-order valence-corrected chi connectivity index (χ3v) is 3.10. The zero-order valence-electron chi connectivity index (χ0n) is 7.36. The SMILES string of the molecule is O=C1CCC2(CCCNC2)CN1. The highest BCUT2D eigenvalue weighted by molar-refractivity contribution is 5.76. The first-order valence-electron chi connectivity index (χ1n) is 4.78. The predicted molar refractivity (Wildman–Crippen MR) is 46.8 cm³/mol. The average Bonchev–Trinajstić information content (AvgIpc) is 2.13. The van der Waals surface area contributed by atoms with E-state index in [1.807, 2.05) is 0 Å². The molecule has 2 saturated heterocycles. The molecule has 0 aromatic carbocycles. The van der Waals surface area contributed by atoms with Crippen LogP contribution in [-0.4, -0.2) is 25.5 Å². The Labute approximate surface area is 72.9 Å². The van der Waals surface area contributed by atoms with Crippen molar-refractivity contribution in [3.63, 3.8) is 0 Å². The highest BCUT2D eigenvalue weighted by atomic mass is 16.1. The van der Waals surface area contributed by atoms with E-state index in [1.54, 1.807) is 0 Å². The van der Waals surface area contributed by atoms with Crippen molar-refractivity contribution in [1.82, 2.24) is 10.6 Å². The van der Waals surface area contributed by atoms with Crippen molar-refractivity contribution in [2.45, 2.75) is 25.7 Å². The molecule has 1 spiro atoms. The van der Waals surface area contributed by atoms with Crippen LogP contribution >= 0.6 is 0 Å². The minimum Gasteiger partial charge on any atom is -0.355 e. The first-order valence-corrected chi connectivity index (χ1v) is 4.78. The van der Waals surface area contributed by atoms with E-state index in [0.29, 0.717) is 5.41 Å². The Hall–Kier alpha value is -0.570. The van der Waals surface area contributed by atoms with Crippen molar-refractivity contribution in [2.75, 3.05) is 19.6 Å². The van der Waals surface area contributed by atoms with Crippen LogP contribution in [0.25, 0.3) is 0 Å². The Balaban J connectivity index is 1.96. The van der Waals surface area contributed by atoms with Crippen molar-refractivity contribution in [3.8, 4) is 0 Å². The predicted octanol–water partition coefficient (Wildman–Crippen LogP) is 0.266. The van der Waals surface area contributed by atoms with Crippen LogP contribution in [0.4, 0.5) is 0 Å². The summed E-state index contributed by atoms with van der Waals surface area (Å²) < 4.78 is 0. The summed E-state index contributed by atoms with van der Waals surface area (Å²) in [6, 6.07) is 0. The van der Waals surface area contributed by atoms with Crippen molar-refractivity contribution < 1.29 is 4.79 Å². The van der Waals surface area contributed by atoms with E-state index in [9.17, 15) is 4.79 Å². The largest absolute Gasteiger partial charge is 0.355 e. The molecule has 2 aliphatic heterocycles.